The molecule has 1 aliphatic heterocycles. The van der Waals surface area contributed by atoms with Gasteiger partial charge in [-0.05, 0) is 25.3 Å². The first-order valence-electron chi connectivity index (χ1n) is 10.2. The molecule has 1 aromatic heterocycles. The Morgan fingerprint density at radius 1 is 1.31 bits per heavy atom. The summed E-state index contributed by atoms with van der Waals surface area (Å²) in [5.74, 6) is -2.34. The Morgan fingerprint density at radius 2 is 2.03 bits per heavy atom. The lowest BCUT2D eigenvalue weighted by Gasteiger charge is -2.32. The third-order valence-electron chi connectivity index (χ3n) is 5.18. The lowest BCUT2D eigenvalue weighted by atomic mass is 9.96. The molecule has 0 radical (unpaired) electrons. The van der Waals surface area contributed by atoms with Gasteiger partial charge in [0.25, 0.3) is 5.91 Å². The highest BCUT2D eigenvalue weighted by Gasteiger charge is 2.32. The van der Waals surface area contributed by atoms with Gasteiger partial charge < -0.3 is 26.8 Å². The zero-order valence-electron chi connectivity index (χ0n) is 17.7. The molecule has 11 heteroatoms. The van der Waals surface area contributed by atoms with Gasteiger partial charge in [0.15, 0.2) is 5.96 Å². The number of carboxylic acids is 1. The molecule has 0 spiro atoms. The van der Waals surface area contributed by atoms with E-state index in [1.54, 1.807) is 11.8 Å². The number of likely N-dealkylation sites (tertiary alicyclic amines) is 1. The first-order valence-corrected chi connectivity index (χ1v) is 11.0. The van der Waals surface area contributed by atoms with Crippen molar-refractivity contribution in [2.24, 2.45) is 22.4 Å². The summed E-state index contributed by atoms with van der Waals surface area (Å²) < 4.78 is 0. The molecule has 0 aliphatic carbocycles. The zero-order chi connectivity index (χ0) is 23.3. The summed E-state index contributed by atoms with van der Waals surface area (Å²) in [6.07, 6.45) is 1.40. The minimum atomic E-state index is -1.10. The van der Waals surface area contributed by atoms with E-state index in [0.717, 1.165) is 16.9 Å². The number of aliphatic imine (C=N–C) groups is 1. The van der Waals surface area contributed by atoms with Gasteiger partial charge in [-0.25, -0.2) is 9.78 Å². The standard InChI is InChI=1S/C21H26N6O4S/c1-12-16(32-21(24-12)26-20(22)23)18(29)27-9-5-8-14(11-27)17(28)25-15(19(30)31)10-13-6-3-2-4-7-13/h2-4,6-7,14-15H,5,8-11H2,1H3,(H,25,28)(H,30,31)(H4,22,23,24,26). The summed E-state index contributed by atoms with van der Waals surface area (Å²) in [4.78, 5) is 47.6. The van der Waals surface area contributed by atoms with E-state index < -0.39 is 17.9 Å². The molecule has 2 unspecified atom stereocenters. The number of hydrogen-bond donors (Lipinski definition) is 4. The van der Waals surface area contributed by atoms with Gasteiger partial charge in [-0.15, -0.1) is 0 Å². The number of guanidine groups is 1. The van der Waals surface area contributed by atoms with Crippen LogP contribution in [0.3, 0.4) is 0 Å². The summed E-state index contributed by atoms with van der Waals surface area (Å²) in [6, 6.07) is 8.08. The Labute approximate surface area is 189 Å². The molecule has 3 rings (SSSR count). The Hall–Kier alpha value is -3.47. The smallest absolute Gasteiger partial charge is 0.326 e. The first-order chi connectivity index (χ1) is 15.2. The maximum absolute atomic E-state index is 13.0. The number of piperidine rings is 1. The van der Waals surface area contributed by atoms with Crippen molar-refractivity contribution in [1.29, 1.82) is 0 Å². The van der Waals surface area contributed by atoms with Gasteiger partial charge >= 0.3 is 5.97 Å². The van der Waals surface area contributed by atoms with Crippen molar-refractivity contribution in [3.63, 3.8) is 0 Å². The molecule has 2 aromatic rings. The van der Waals surface area contributed by atoms with Crippen molar-refractivity contribution in [1.82, 2.24) is 15.2 Å². The Balaban J connectivity index is 1.66. The van der Waals surface area contributed by atoms with E-state index in [4.69, 9.17) is 11.5 Å². The molecule has 2 amide bonds. The first kappa shape index (κ1) is 23.2. The molecule has 10 nitrogen and oxygen atoms in total. The number of aryl methyl sites for hydroxylation is 1. The van der Waals surface area contributed by atoms with Crippen molar-refractivity contribution < 1.29 is 19.5 Å². The van der Waals surface area contributed by atoms with E-state index in [-0.39, 0.29) is 30.7 Å². The number of thiazole rings is 1. The largest absolute Gasteiger partial charge is 0.480 e. The van der Waals surface area contributed by atoms with Crippen LogP contribution in [0.25, 0.3) is 0 Å². The second-order valence-corrected chi connectivity index (χ2v) is 8.60. The van der Waals surface area contributed by atoms with Crippen molar-refractivity contribution in [2.45, 2.75) is 32.2 Å². The molecule has 1 saturated heterocycles. The van der Waals surface area contributed by atoms with Gasteiger partial charge in [-0.2, -0.15) is 4.99 Å². The van der Waals surface area contributed by atoms with E-state index >= 15 is 0 Å². The number of carbonyl (C=O) groups excluding carboxylic acids is 2. The highest BCUT2D eigenvalue weighted by atomic mass is 32.1. The highest BCUT2D eigenvalue weighted by molar-refractivity contribution is 7.17. The van der Waals surface area contributed by atoms with Crippen LogP contribution in [-0.2, 0) is 16.0 Å². The fraction of sp³-hybridized carbons (Fsp3) is 0.381. The van der Waals surface area contributed by atoms with E-state index in [1.807, 2.05) is 30.3 Å². The molecule has 32 heavy (non-hydrogen) atoms. The van der Waals surface area contributed by atoms with Crippen molar-refractivity contribution in [3.05, 3.63) is 46.5 Å². The van der Waals surface area contributed by atoms with Crippen LogP contribution in [0, 0.1) is 12.8 Å². The number of aliphatic carboxylic acids is 1. The fourth-order valence-electron chi connectivity index (χ4n) is 3.60. The summed E-state index contributed by atoms with van der Waals surface area (Å²) in [5.41, 5.74) is 12.1. The molecule has 1 fully saturated rings. The normalized spacial score (nSPS) is 16.8. The van der Waals surface area contributed by atoms with Gasteiger partial charge in [-0.3, -0.25) is 9.59 Å². The SMILES string of the molecule is Cc1nc(N=C(N)N)sc1C(=O)N1CCCC(C(=O)NC(Cc2ccccc2)C(=O)O)C1. The third-order valence-corrected chi connectivity index (χ3v) is 6.22. The van der Waals surface area contributed by atoms with Crippen LogP contribution in [0.15, 0.2) is 35.3 Å². The average Bonchev–Trinajstić information content (AvgIpc) is 3.12. The highest BCUT2D eigenvalue weighted by Crippen LogP contribution is 2.28. The number of aromatic nitrogens is 1. The zero-order valence-corrected chi connectivity index (χ0v) is 18.5. The van der Waals surface area contributed by atoms with Gasteiger partial charge in [-0.1, -0.05) is 41.7 Å². The van der Waals surface area contributed by atoms with Crippen molar-refractivity contribution >= 4 is 40.2 Å². The maximum Gasteiger partial charge on any atom is 0.326 e. The predicted molar refractivity (Wildman–Crippen MR) is 121 cm³/mol. The molecule has 1 aromatic carbocycles. The number of carboxylic acid groups (broad SMARTS) is 1. The minimum Gasteiger partial charge on any atom is -0.480 e. The number of nitrogens with one attached hydrogen (secondary N) is 1. The molecule has 0 saturated carbocycles. The van der Waals surface area contributed by atoms with E-state index in [2.05, 4.69) is 15.3 Å². The lowest BCUT2D eigenvalue weighted by molar-refractivity contribution is -0.142. The molecular formula is C21H26N6O4S. The van der Waals surface area contributed by atoms with Crippen LogP contribution in [-0.4, -0.2) is 57.9 Å². The minimum absolute atomic E-state index is 0.143. The second-order valence-electron chi connectivity index (χ2n) is 7.63. The number of rotatable bonds is 7. The van der Waals surface area contributed by atoms with E-state index in [9.17, 15) is 19.5 Å². The Bertz CT molecular complexity index is 1020. The Morgan fingerprint density at radius 3 is 2.69 bits per heavy atom. The van der Waals surface area contributed by atoms with Crippen molar-refractivity contribution in [3.8, 4) is 0 Å². The van der Waals surface area contributed by atoms with Gasteiger partial charge in [0.2, 0.25) is 11.0 Å². The van der Waals surface area contributed by atoms with Crippen LogP contribution in [0.5, 0.6) is 0 Å². The number of amides is 2. The number of benzene rings is 1. The van der Waals surface area contributed by atoms with Crippen LogP contribution >= 0.6 is 11.3 Å². The number of carbonyl (C=O) groups is 3. The monoisotopic (exact) mass is 458 g/mol. The number of hydrogen-bond acceptors (Lipinski definition) is 6. The average molecular weight is 459 g/mol. The number of nitrogens with zero attached hydrogens (tertiary/aromatic N) is 3. The summed E-state index contributed by atoms with van der Waals surface area (Å²) >= 11 is 1.09. The van der Waals surface area contributed by atoms with E-state index in [1.165, 1.54) is 0 Å². The number of nitrogens with two attached hydrogens (primary N) is 2. The lowest BCUT2D eigenvalue weighted by Crippen LogP contribution is -2.50. The second kappa shape index (κ2) is 10.2. The molecule has 0 bridgehead atoms. The summed E-state index contributed by atoms with van der Waals surface area (Å²) in [6.45, 7) is 2.41. The summed E-state index contributed by atoms with van der Waals surface area (Å²) in [5, 5.41) is 12.5. The predicted octanol–water partition coefficient (Wildman–Crippen LogP) is 1.02. The van der Waals surface area contributed by atoms with Crippen LogP contribution in [0.4, 0.5) is 5.13 Å². The molecule has 1 aliphatic rings. The van der Waals surface area contributed by atoms with E-state index in [0.29, 0.717) is 35.1 Å². The topological polar surface area (TPSA) is 164 Å². The van der Waals surface area contributed by atoms with Crippen LogP contribution < -0.4 is 16.8 Å². The molecular weight excluding hydrogens is 432 g/mol. The van der Waals surface area contributed by atoms with Gasteiger partial charge in [0.1, 0.15) is 10.9 Å². The quantitative estimate of drug-likeness (QED) is 0.355. The maximum atomic E-state index is 13.0. The molecule has 2 atom stereocenters. The summed E-state index contributed by atoms with van der Waals surface area (Å²) in [7, 11) is 0. The van der Waals surface area contributed by atoms with Gasteiger partial charge in [0, 0.05) is 19.5 Å². The van der Waals surface area contributed by atoms with Crippen LogP contribution in [0.2, 0.25) is 0 Å². The van der Waals surface area contributed by atoms with Gasteiger partial charge in [0.05, 0.1) is 11.6 Å². The van der Waals surface area contributed by atoms with Crippen molar-refractivity contribution in [2.75, 3.05) is 13.1 Å². The third kappa shape index (κ3) is 5.82. The molecule has 6 N–H and O–H groups in total. The fourth-order valence-corrected chi connectivity index (χ4v) is 4.52. The Kier molecular flexibility index (Phi) is 7.41. The molecule has 170 valence electrons. The molecule has 2 heterocycles. The van der Waals surface area contributed by atoms with Crippen LogP contribution in [0.1, 0.15) is 33.8 Å².